The van der Waals surface area contributed by atoms with Crippen molar-refractivity contribution >= 4 is 0 Å². The van der Waals surface area contributed by atoms with Gasteiger partial charge < -0.3 is 11.5 Å². The van der Waals surface area contributed by atoms with Gasteiger partial charge in [-0.3, -0.25) is 0 Å². The molecule has 0 aromatic rings. The Hall–Kier alpha value is -0.0800. The highest BCUT2D eigenvalue weighted by Gasteiger charge is 2.23. The lowest BCUT2D eigenvalue weighted by molar-refractivity contribution is 0.268. The summed E-state index contributed by atoms with van der Waals surface area (Å²) in [4.78, 5) is 0. The Morgan fingerprint density at radius 3 is 1.60 bits per heavy atom. The molecule has 0 aromatic carbocycles. The molecule has 0 rings (SSSR count). The van der Waals surface area contributed by atoms with E-state index in [1.807, 2.05) is 13.8 Å². The van der Waals surface area contributed by atoms with Crippen LogP contribution in [0.15, 0.2) is 0 Å². The summed E-state index contributed by atoms with van der Waals surface area (Å²) in [5.41, 5.74) is 11.5. The first-order valence-electron chi connectivity index (χ1n) is 3.76. The van der Waals surface area contributed by atoms with E-state index in [-0.39, 0.29) is 11.0 Å². The van der Waals surface area contributed by atoms with Gasteiger partial charge in [0.2, 0.25) is 0 Å². The average molecular weight is 144 g/mol. The van der Waals surface area contributed by atoms with Crippen LogP contribution in [0.1, 0.15) is 34.1 Å². The van der Waals surface area contributed by atoms with Gasteiger partial charge in [0.1, 0.15) is 0 Å². The molecule has 62 valence electrons. The van der Waals surface area contributed by atoms with E-state index < -0.39 is 0 Å². The van der Waals surface area contributed by atoms with E-state index in [1.165, 1.54) is 0 Å². The maximum absolute atomic E-state index is 5.84. The van der Waals surface area contributed by atoms with Gasteiger partial charge >= 0.3 is 0 Å². The molecule has 0 radical (unpaired) electrons. The van der Waals surface area contributed by atoms with Crippen LogP contribution < -0.4 is 11.5 Å². The molecule has 0 saturated carbocycles. The Bertz CT molecular complexity index is 100. The molecule has 0 amide bonds. The van der Waals surface area contributed by atoms with Crippen molar-refractivity contribution in [3.63, 3.8) is 0 Å². The van der Waals surface area contributed by atoms with Crippen LogP contribution in [0.3, 0.4) is 0 Å². The molecule has 0 spiro atoms. The molecule has 4 N–H and O–H groups in total. The standard InChI is InChI=1S/C8H20N2/c1-7(2,6-9)5-8(3,4)10/h5-6,9-10H2,1-4H3. The summed E-state index contributed by atoms with van der Waals surface area (Å²) in [7, 11) is 0. The summed E-state index contributed by atoms with van der Waals surface area (Å²) in [6.07, 6.45) is 0.969. The van der Waals surface area contributed by atoms with Crippen molar-refractivity contribution in [2.45, 2.75) is 39.7 Å². The molecule has 0 aliphatic heterocycles. The van der Waals surface area contributed by atoms with E-state index in [4.69, 9.17) is 11.5 Å². The predicted octanol–water partition coefficient (Wildman–Crippen LogP) is 1.10. The van der Waals surface area contributed by atoms with Crippen molar-refractivity contribution in [3.05, 3.63) is 0 Å². The molecule has 0 fully saturated rings. The lowest BCUT2D eigenvalue weighted by Crippen LogP contribution is -2.40. The second-order valence-corrected chi connectivity index (χ2v) is 4.53. The van der Waals surface area contributed by atoms with Crippen molar-refractivity contribution in [2.75, 3.05) is 6.54 Å². The Labute approximate surface area is 64.0 Å². The monoisotopic (exact) mass is 144 g/mol. The third kappa shape index (κ3) is 4.77. The summed E-state index contributed by atoms with van der Waals surface area (Å²) in [6, 6.07) is 0. The van der Waals surface area contributed by atoms with Crippen LogP contribution in [-0.4, -0.2) is 12.1 Å². The lowest BCUT2D eigenvalue weighted by atomic mass is 9.81. The highest BCUT2D eigenvalue weighted by atomic mass is 14.7. The lowest BCUT2D eigenvalue weighted by Gasteiger charge is -2.30. The molecular weight excluding hydrogens is 124 g/mol. The number of hydrogen-bond acceptors (Lipinski definition) is 2. The second-order valence-electron chi connectivity index (χ2n) is 4.53. The van der Waals surface area contributed by atoms with Gasteiger partial charge in [0.25, 0.3) is 0 Å². The van der Waals surface area contributed by atoms with Gasteiger partial charge in [-0.1, -0.05) is 13.8 Å². The fourth-order valence-corrected chi connectivity index (χ4v) is 1.31. The maximum Gasteiger partial charge on any atom is 0.0103 e. The van der Waals surface area contributed by atoms with Gasteiger partial charge in [0, 0.05) is 5.54 Å². The summed E-state index contributed by atoms with van der Waals surface area (Å²) >= 11 is 0. The van der Waals surface area contributed by atoms with Crippen LogP contribution in [0, 0.1) is 5.41 Å². The SMILES string of the molecule is CC(C)(N)CC(C)(C)CN. The third-order valence-electron chi connectivity index (χ3n) is 1.49. The molecular formula is C8H20N2. The summed E-state index contributed by atoms with van der Waals surface area (Å²) in [6.45, 7) is 9.05. The molecule has 0 aliphatic carbocycles. The van der Waals surface area contributed by atoms with Gasteiger partial charge in [-0.2, -0.15) is 0 Å². The fourth-order valence-electron chi connectivity index (χ4n) is 1.31. The van der Waals surface area contributed by atoms with Gasteiger partial charge in [-0.25, -0.2) is 0 Å². The van der Waals surface area contributed by atoms with Gasteiger partial charge in [0.15, 0.2) is 0 Å². The van der Waals surface area contributed by atoms with Crippen LogP contribution in [0.4, 0.5) is 0 Å². The van der Waals surface area contributed by atoms with Gasteiger partial charge in [-0.05, 0) is 32.2 Å². The van der Waals surface area contributed by atoms with Crippen molar-refractivity contribution in [1.29, 1.82) is 0 Å². The fraction of sp³-hybridized carbons (Fsp3) is 1.00. The van der Waals surface area contributed by atoms with E-state index >= 15 is 0 Å². The zero-order chi connectivity index (χ0) is 8.41. The molecule has 0 unspecified atom stereocenters. The molecule has 0 bridgehead atoms. The van der Waals surface area contributed by atoms with Crippen LogP contribution in [0.2, 0.25) is 0 Å². The van der Waals surface area contributed by atoms with E-state index in [2.05, 4.69) is 13.8 Å². The Morgan fingerprint density at radius 1 is 1.10 bits per heavy atom. The quantitative estimate of drug-likeness (QED) is 0.623. The first-order chi connectivity index (χ1) is 4.27. The molecule has 0 aliphatic rings. The third-order valence-corrected chi connectivity index (χ3v) is 1.49. The number of hydrogen-bond donors (Lipinski definition) is 2. The first-order valence-corrected chi connectivity index (χ1v) is 3.76. The van der Waals surface area contributed by atoms with Crippen LogP contribution in [-0.2, 0) is 0 Å². The Balaban J connectivity index is 3.89. The van der Waals surface area contributed by atoms with Crippen molar-refractivity contribution in [1.82, 2.24) is 0 Å². The molecule has 2 nitrogen and oxygen atoms in total. The van der Waals surface area contributed by atoms with Gasteiger partial charge in [-0.15, -0.1) is 0 Å². The molecule has 0 heterocycles. The molecule has 0 saturated heterocycles. The zero-order valence-electron chi connectivity index (χ0n) is 7.57. The van der Waals surface area contributed by atoms with Crippen molar-refractivity contribution in [2.24, 2.45) is 16.9 Å². The summed E-state index contributed by atoms with van der Waals surface area (Å²) in [5.74, 6) is 0. The van der Waals surface area contributed by atoms with Crippen LogP contribution in [0.5, 0.6) is 0 Å². The second kappa shape index (κ2) is 2.89. The predicted molar refractivity (Wildman–Crippen MR) is 45.7 cm³/mol. The van der Waals surface area contributed by atoms with Gasteiger partial charge in [0.05, 0.1) is 0 Å². The minimum absolute atomic E-state index is 0.0944. The highest BCUT2D eigenvalue weighted by molar-refractivity contribution is 4.82. The van der Waals surface area contributed by atoms with E-state index in [0.29, 0.717) is 6.54 Å². The normalized spacial score (nSPS) is 13.8. The topological polar surface area (TPSA) is 52.0 Å². The first kappa shape index (κ1) is 9.92. The maximum atomic E-state index is 5.84. The van der Waals surface area contributed by atoms with Crippen LogP contribution in [0.25, 0.3) is 0 Å². The molecule has 0 atom stereocenters. The average Bonchev–Trinajstić information content (AvgIpc) is 1.60. The summed E-state index contributed by atoms with van der Waals surface area (Å²) in [5, 5.41) is 0. The minimum atomic E-state index is -0.0944. The number of rotatable bonds is 3. The van der Waals surface area contributed by atoms with Crippen molar-refractivity contribution in [3.8, 4) is 0 Å². The van der Waals surface area contributed by atoms with Crippen LogP contribution >= 0.6 is 0 Å². The summed E-state index contributed by atoms with van der Waals surface area (Å²) < 4.78 is 0. The molecule has 10 heavy (non-hydrogen) atoms. The van der Waals surface area contributed by atoms with E-state index in [9.17, 15) is 0 Å². The highest BCUT2D eigenvalue weighted by Crippen LogP contribution is 2.24. The van der Waals surface area contributed by atoms with E-state index in [0.717, 1.165) is 6.42 Å². The smallest absolute Gasteiger partial charge is 0.0103 e. The Morgan fingerprint density at radius 2 is 1.50 bits per heavy atom. The van der Waals surface area contributed by atoms with Crippen molar-refractivity contribution < 1.29 is 0 Å². The largest absolute Gasteiger partial charge is 0.330 e. The Kier molecular flexibility index (Phi) is 2.86. The molecule has 0 aromatic heterocycles. The minimum Gasteiger partial charge on any atom is -0.330 e. The zero-order valence-corrected chi connectivity index (χ0v) is 7.57. The molecule has 2 heteroatoms. The van der Waals surface area contributed by atoms with E-state index in [1.54, 1.807) is 0 Å². The number of nitrogens with two attached hydrogens (primary N) is 2.